The lowest BCUT2D eigenvalue weighted by Crippen LogP contribution is -2.17. The van der Waals surface area contributed by atoms with Gasteiger partial charge < -0.3 is 10.6 Å². The van der Waals surface area contributed by atoms with Crippen molar-refractivity contribution in [2.75, 3.05) is 20.1 Å². The van der Waals surface area contributed by atoms with E-state index in [1.165, 1.54) is 29.5 Å². The minimum Gasteiger partial charge on any atom is -0.320 e. The van der Waals surface area contributed by atoms with Gasteiger partial charge >= 0.3 is 0 Å². The van der Waals surface area contributed by atoms with Gasteiger partial charge in [-0.1, -0.05) is 32.0 Å². The first-order valence-corrected chi connectivity index (χ1v) is 7.10. The molecule has 2 heteroatoms. The smallest absolute Gasteiger partial charge is 0.0208 e. The van der Waals surface area contributed by atoms with Gasteiger partial charge in [0, 0.05) is 6.54 Å². The van der Waals surface area contributed by atoms with Crippen molar-refractivity contribution in [3.63, 3.8) is 0 Å². The highest BCUT2D eigenvalue weighted by atomic mass is 14.8. The molecule has 0 aliphatic carbocycles. The third kappa shape index (κ3) is 5.19. The lowest BCUT2D eigenvalue weighted by Gasteiger charge is -2.12. The molecule has 0 saturated heterocycles. The standard InChI is InChI=1S/C16H28N2/c1-13(2)15-8-7-14(3)16(11-15)12-18-10-6-5-9-17-4/h7-8,11,13,17-18H,5-6,9-10,12H2,1-4H3. The van der Waals surface area contributed by atoms with Crippen molar-refractivity contribution in [2.24, 2.45) is 0 Å². The van der Waals surface area contributed by atoms with E-state index in [4.69, 9.17) is 0 Å². The molecule has 0 saturated carbocycles. The van der Waals surface area contributed by atoms with Gasteiger partial charge in [0.05, 0.1) is 0 Å². The number of aryl methyl sites for hydroxylation is 1. The van der Waals surface area contributed by atoms with Crippen LogP contribution in [-0.2, 0) is 6.54 Å². The Labute approximate surface area is 112 Å². The molecule has 1 aromatic rings. The van der Waals surface area contributed by atoms with Gasteiger partial charge in [-0.15, -0.1) is 0 Å². The fourth-order valence-corrected chi connectivity index (χ4v) is 2.02. The molecular formula is C16H28N2. The van der Waals surface area contributed by atoms with E-state index < -0.39 is 0 Å². The van der Waals surface area contributed by atoms with Crippen molar-refractivity contribution < 1.29 is 0 Å². The topological polar surface area (TPSA) is 24.1 Å². The van der Waals surface area contributed by atoms with Crippen LogP contribution in [0.3, 0.4) is 0 Å². The average Bonchev–Trinajstić information content (AvgIpc) is 2.35. The number of benzene rings is 1. The lowest BCUT2D eigenvalue weighted by atomic mass is 9.98. The molecular weight excluding hydrogens is 220 g/mol. The first kappa shape index (κ1) is 15.2. The van der Waals surface area contributed by atoms with Crippen molar-refractivity contribution in [1.82, 2.24) is 10.6 Å². The second-order valence-corrected chi connectivity index (χ2v) is 5.33. The largest absolute Gasteiger partial charge is 0.320 e. The molecule has 1 rings (SSSR count). The van der Waals surface area contributed by atoms with Crippen LogP contribution in [0, 0.1) is 6.92 Å². The molecule has 0 aromatic heterocycles. The van der Waals surface area contributed by atoms with E-state index in [1.54, 1.807) is 0 Å². The van der Waals surface area contributed by atoms with Crippen LogP contribution in [0.5, 0.6) is 0 Å². The predicted molar refractivity (Wildman–Crippen MR) is 80.1 cm³/mol. The third-order valence-corrected chi connectivity index (χ3v) is 3.39. The Morgan fingerprint density at radius 3 is 2.50 bits per heavy atom. The van der Waals surface area contributed by atoms with Crippen LogP contribution in [0.15, 0.2) is 18.2 Å². The second kappa shape index (κ2) is 8.28. The van der Waals surface area contributed by atoms with Crippen molar-refractivity contribution >= 4 is 0 Å². The van der Waals surface area contributed by atoms with E-state index in [2.05, 4.69) is 49.6 Å². The molecule has 2 N–H and O–H groups in total. The van der Waals surface area contributed by atoms with Gasteiger partial charge in [-0.2, -0.15) is 0 Å². The van der Waals surface area contributed by atoms with Gasteiger partial charge in [0.15, 0.2) is 0 Å². The van der Waals surface area contributed by atoms with Crippen molar-refractivity contribution in [2.45, 2.75) is 46.1 Å². The zero-order valence-corrected chi connectivity index (χ0v) is 12.3. The predicted octanol–water partition coefficient (Wildman–Crippen LogP) is 3.21. The van der Waals surface area contributed by atoms with Gasteiger partial charge in [0.1, 0.15) is 0 Å². The van der Waals surface area contributed by atoms with Crippen LogP contribution >= 0.6 is 0 Å². The van der Waals surface area contributed by atoms with Gasteiger partial charge in [-0.3, -0.25) is 0 Å². The van der Waals surface area contributed by atoms with Gasteiger partial charge in [-0.05, 0) is 62.5 Å². The zero-order valence-electron chi connectivity index (χ0n) is 12.3. The minimum atomic E-state index is 0.611. The molecule has 0 bridgehead atoms. The summed E-state index contributed by atoms with van der Waals surface area (Å²) in [4.78, 5) is 0. The van der Waals surface area contributed by atoms with E-state index in [0.717, 1.165) is 19.6 Å². The van der Waals surface area contributed by atoms with Crippen LogP contribution < -0.4 is 10.6 Å². The Hall–Kier alpha value is -0.860. The van der Waals surface area contributed by atoms with Crippen LogP contribution in [0.25, 0.3) is 0 Å². The molecule has 0 aliphatic heterocycles. The van der Waals surface area contributed by atoms with E-state index in [1.807, 2.05) is 7.05 Å². The van der Waals surface area contributed by atoms with Gasteiger partial charge in [-0.25, -0.2) is 0 Å². The molecule has 0 fully saturated rings. The highest BCUT2D eigenvalue weighted by Crippen LogP contribution is 2.18. The van der Waals surface area contributed by atoms with Crippen LogP contribution in [0.1, 0.15) is 49.3 Å². The maximum absolute atomic E-state index is 3.54. The summed E-state index contributed by atoms with van der Waals surface area (Å²) >= 11 is 0. The molecule has 0 spiro atoms. The summed E-state index contributed by atoms with van der Waals surface area (Å²) in [5.41, 5.74) is 4.27. The summed E-state index contributed by atoms with van der Waals surface area (Å²) in [6.07, 6.45) is 2.48. The summed E-state index contributed by atoms with van der Waals surface area (Å²) in [6, 6.07) is 6.84. The number of unbranched alkanes of at least 4 members (excludes halogenated alkanes) is 1. The summed E-state index contributed by atoms with van der Waals surface area (Å²) < 4.78 is 0. The molecule has 0 heterocycles. The maximum Gasteiger partial charge on any atom is 0.0208 e. The summed E-state index contributed by atoms with van der Waals surface area (Å²) in [7, 11) is 2.01. The summed E-state index contributed by atoms with van der Waals surface area (Å²) in [5.74, 6) is 0.611. The van der Waals surface area contributed by atoms with Crippen molar-refractivity contribution in [3.05, 3.63) is 34.9 Å². The maximum atomic E-state index is 3.54. The molecule has 0 atom stereocenters. The number of hydrogen-bond acceptors (Lipinski definition) is 2. The summed E-state index contributed by atoms with van der Waals surface area (Å²) in [5, 5.41) is 6.72. The molecule has 0 amide bonds. The monoisotopic (exact) mass is 248 g/mol. The first-order chi connectivity index (χ1) is 8.65. The number of rotatable bonds is 8. The van der Waals surface area contributed by atoms with Crippen LogP contribution in [0.4, 0.5) is 0 Å². The Balaban J connectivity index is 2.39. The van der Waals surface area contributed by atoms with Gasteiger partial charge in [0.25, 0.3) is 0 Å². The molecule has 0 aliphatic rings. The third-order valence-electron chi connectivity index (χ3n) is 3.39. The fraction of sp³-hybridized carbons (Fsp3) is 0.625. The molecule has 0 unspecified atom stereocenters. The van der Waals surface area contributed by atoms with Crippen LogP contribution in [0.2, 0.25) is 0 Å². The molecule has 102 valence electrons. The van der Waals surface area contributed by atoms with E-state index >= 15 is 0 Å². The normalized spacial score (nSPS) is 11.2. The Morgan fingerprint density at radius 2 is 1.83 bits per heavy atom. The zero-order chi connectivity index (χ0) is 13.4. The second-order valence-electron chi connectivity index (χ2n) is 5.33. The Bertz CT molecular complexity index is 345. The Morgan fingerprint density at radius 1 is 1.11 bits per heavy atom. The quantitative estimate of drug-likeness (QED) is 0.690. The lowest BCUT2D eigenvalue weighted by molar-refractivity contribution is 0.604. The Kier molecular flexibility index (Phi) is 6.99. The minimum absolute atomic E-state index is 0.611. The molecule has 18 heavy (non-hydrogen) atoms. The summed E-state index contributed by atoms with van der Waals surface area (Å²) in [6.45, 7) is 9.91. The first-order valence-electron chi connectivity index (χ1n) is 7.10. The number of nitrogens with one attached hydrogen (secondary N) is 2. The van der Waals surface area contributed by atoms with E-state index in [9.17, 15) is 0 Å². The van der Waals surface area contributed by atoms with Gasteiger partial charge in [0.2, 0.25) is 0 Å². The average molecular weight is 248 g/mol. The highest BCUT2D eigenvalue weighted by Gasteiger charge is 2.03. The van der Waals surface area contributed by atoms with Crippen molar-refractivity contribution in [1.29, 1.82) is 0 Å². The molecule has 1 aromatic carbocycles. The fourth-order valence-electron chi connectivity index (χ4n) is 2.02. The van der Waals surface area contributed by atoms with E-state index in [0.29, 0.717) is 5.92 Å². The van der Waals surface area contributed by atoms with Crippen molar-refractivity contribution in [3.8, 4) is 0 Å². The number of hydrogen-bond donors (Lipinski definition) is 2. The SMILES string of the molecule is CNCCCCNCc1cc(C(C)C)ccc1C. The molecule has 2 nitrogen and oxygen atoms in total. The van der Waals surface area contributed by atoms with E-state index in [-0.39, 0.29) is 0 Å². The highest BCUT2D eigenvalue weighted by molar-refractivity contribution is 5.32. The van der Waals surface area contributed by atoms with Crippen LogP contribution in [-0.4, -0.2) is 20.1 Å². The molecule has 0 radical (unpaired) electrons.